The predicted molar refractivity (Wildman–Crippen MR) is 75.3 cm³/mol. The monoisotopic (exact) mass is 254 g/mol. The van der Waals surface area contributed by atoms with Crippen molar-refractivity contribution in [2.45, 2.75) is 25.6 Å². The van der Waals surface area contributed by atoms with Crippen molar-refractivity contribution in [1.29, 1.82) is 0 Å². The maximum Gasteiger partial charge on any atom is 0.120 e. The number of methoxy groups -OCH3 is 1. The molecule has 0 saturated heterocycles. The molecule has 0 radical (unpaired) electrons. The molecule has 0 aromatic heterocycles. The van der Waals surface area contributed by atoms with Gasteiger partial charge in [-0.05, 0) is 41.7 Å². The lowest BCUT2D eigenvalue weighted by Gasteiger charge is -2.11. The molecule has 2 heteroatoms. The highest BCUT2D eigenvalue weighted by Crippen LogP contribution is 2.35. The highest BCUT2D eigenvalue weighted by atomic mass is 16.5. The summed E-state index contributed by atoms with van der Waals surface area (Å²) >= 11 is 0. The molecular formula is C17H18O2. The van der Waals surface area contributed by atoms with Crippen molar-refractivity contribution in [2.75, 3.05) is 7.11 Å². The van der Waals surface area contributed by atoms with Gasteiger partial charge in [-0.15, -0.1) is 0 Å². The van der Waals surface area contributed by atoms with E-state index < -0.39 is 0 Å². The summed E-state index contributed by atoms with van der Waals surface area (Å²) in [6.07, 6.45) is 2.42. The Balaban J connectivity index is 1.70. The summed E-state index contributed by atoms with van der Waals surface area (Å²) in [7, 11) is 1.78. The first kappa shape index (κ1) is 12.2. The zero-order valence-electron chi connectivity index (χ0n) is 11.1. The lowest BCUT2D eigenvalue weighted by molar-refractivity contribution is 0.105. The number of hydrogen-bond donors (Lipinski definition) is 0. The van der Waals surface area contributed by atoms with Crippen LogP contribution in [0, 0.1) is 0 Å². The Morgan fingerprint density at radius 3 is 2.74 bits per heavy atom. The topological polar surface area (TPSA) is 18.5 Å². The van der Waals surface area contributed by atoms with E-state index in [0.717, 1.165) is 18.6 Å². The van der Waals surface area contributed by atoms with Crippen molar-refractivity contribution in [3.8, 4) is 5.75 Å². The average molecular weight is 254 g/mol. The summed E-state index contributed by atoms with van der Waals surface area (Å²) in [6, 6.07) is 16.6. The molecule has 1 aliphatic rings. The minimum Gasteiger partial charge on any atom is -0.489 e. The van der Waals surface area contributed by atoms with Crippen LogP contribution in [0.4, 0.5) is 0 Å². The van der Waals surface area contributed by atoms with E-state index >= 15 is 0 Å². The molecule has 1 aliphatic carbocycles. The fraction of sp³-hybridized carbons (Fsp3) is 0.294. The van der Waals surface area contributed by atoms with Crippen LogP contribution >= 0.6 is 0 Å². The summed E-state index contributed by atoms with van der Waals surface area (Å²) in [5.74, 6) is 0.944. The van der Waals surface area contributed by atoms with Crippen molar-refractivity contribution in [3.63, 3.8) is 0 Å². The van der Waals surface area contributed by atoms with Gasteiger partial charge in [0, 0.05) is 7.11 Å². The summed E-state index contributed by atoms with van der Waals surface area (Å²) in [5.41, 5.74) is 3.87. The zero-order valence-corrected chi connectivity index (χ0v) is 11.1. The van der Waals surface area contributed by atoms with E-state index in [2.05, 4.69) is 24.3 Å². The van der Waals surface area contributed by atoms with Gasteiger partial charge in [-0.1, -0.05) is 36.4 Å². The maximum absolute atomic E-state index is 5.85. The first-order valence-corrected chi connectivity index (χ1v) is 6.69. The van der Waals surface area contributed by atoms with Gasteiger partial charge in [0.25, 0.3) is 0 Å². The zero-order chi connectivity index (χ0) is 13.1. The molecule has 0 bridgehead atoms. The summed E-state index contributed by atoms with van der Waals surface area (Å²) in [5, 5.41) is 0. The van der Waals surface area contributed by atoms with Gasteiger partial charge in [0.1, 0.15) is 12.4 Å². The first-order chi connectivity index (χ1) is 9.36. The van der Waals surface area contributed by atoms with E-state index in [9.17, 15) is 0 Å². The van der Waals surface area contributed by atoms with Crippen LogP contribution in [0.15, 0.2) is 48.5 Å². The van der Waals surface area contributed by atoms with E-state index in [0.29, 0.717) is 6.61 Å². The van der Waals surface area contributed by atoms with Crippen LogP contribution in [-0.4, -0.2) is 7.11 Å². The molecule has 0 fully saturated rings. The molecule has 0 amide bonds. The number of fused-ring (bicyclic) bond motifs is 1. The third-order valence-electron chi connectivity index (χ3n) is 3.67. The third-order valence-corrected chi connectivity index (χ3v) is 3.67. The van der Waals surface area contributed by atoms with Crippen LogP contribution in [0.25, 0.3) is 0 Å². The highest BCUT2D eigenvalue weighted by molar-refractivity contribution is 5.40. The van der Waals surface area contributed by atoms with Crippen molar-refractivity contribution in [1.82, 2.24) is 0 Å². The average Bonchev–Trinajstić information content (AvgIpc) is 2.88. The second kappa shape index (κ2) is 5.45. The fourth-order valence-electron chi connectivity index (χ4n) is 2.63. The molecule has 0 aliphatic heterocycles. The van der Waals surface area contributed by atoms with Gasteiger partial charge in [0.05, 0.1) is 6.10 Å². The molecule has 1 atom stereocenters. The van der Waals surface area contributed by atoms with Crippen molar-refractivity contribution in [2.24, 2.45) is 0 Å². The van der Waals surface area contributed by atoms with Gasteiger partial charge in [0.2, 0.25) is 0 Å². The third kappa shape index (κ3) is 2.64. The molecule has 2 nitrogen and oxygen atoms in total. The van der Waals surface area contributed by atoms with Crippen LogP contribution in [0.2, 0.25) is 0 Å². The van der Waals surface area contributed by atoms with Crippen molar-refractivity contribution >= 4 is 0 Å². The van der Waals surface area contributed by atoms with Gasteiger partial charge in [-0.2, -0.15) is 0 Å². The van der Waals surface area contributed by atoms with Crippen LogP contribution in [0.3, 0.4) is 0 Å². The molecule has 0 saturated carbocycles. The Hall–Kier alpha value is -1.80. The molecule has 0 N–H and O–H groups in total. The van der Waals surface area contributed by atoms with Gasteiger partial charge < -0.3 is 9.47 Å². The van der Waals surface area contributed by atoms with E-state index in [1.54, 1.807) is 7.11 Å². The van der Waals surface area contributed by atoms with E-state index in [1.807, 2.05) is 24.3 Å². The molecule has 1 unspecified atom stereocenters. The second-order valence-corrected chi connectivity index (χ2v) is 4.90. The number of rotatable bonds is 4. The second-order valence-electron chi connectivity index (χ2n) is 4.90. The number of aryl methyl sites for hydroxylation is 1. The van der Waals surface area contributed by atoms with Crippen LogP contribution < -0.4 is 4.74 Å². The molecule has 2 aromatic carbocycles. The Morgan fingerprint density at radius 2 is 1.95 bits per heavy atom. The first-order valence-electron chi connectivity index (χ1n) is 6.69. The van der Waals surface area contributed by atoms with Crippen LogP contribution in [-0.2, 0) is 17.8 Å². The smallest absolute Gasteiger partial charge is 0.120 e. The summed E-state index contributed by atoms with van der Waals surface area (Å²) < 4.78 is 11.3. The fourth-order valence-corrected chi connectivity index (χ4v) is 2.63. The Morgan fingerprint density at radius 1 is 1.11 bits per heavy atom. The van der Waals surface area contributed by atoms with E-state index in [-0.39, 0.29) is 6.10 Å². The molecule has 2 aromatic rings. The minimum absolute atomic E-state index is 0.262. The lowest BCUT2D eigenvalue weighted by Crippen LogP contribution is -1.97. The molecule has 0 heterocycles. The molecular weight excluding hydrogens is 236 g/mol. The number of ether oxygens (including phenoxy) is 2. The van der Waals surface area contributed by atoms with Crippen molar-refractivity contribution < 1.29 is 9.47 Å². The standard InChI is InChI=1S/C17H18O2/c1-18-17-10-7-14-11-15(8-9-16(14)17)19-12-13-5-3-2-4-6-13/h2-6,8-9,11,17H,7,10,12H2,1H3. The van der Waals surface area contributed by atoms with Gasteiger partial charge in [-0.25, -0.2) is 0 Å². The highest BCUT2D eigenvalue weighted by Gasteiger charge is 2.22. The molecule has 98 valence electrons. The summed E-state index contributed by atoms with van der Waals surface area (Å²) in [6.45, 7) is 0.618. The Labute approximate surface area is 114 Å². The SMILES string of the molecule is COC1CCc2cc(OCc3ccccc3)ccc21. The lowest BCUT2D eigenvalue weighted by atomic mass is 10.1. The molecule has 19 heavy (non-hydrogen) atoms. The molecule has 0 spiro atoms. The van der Waals surface area contributed by atoms with E-state index in [1.165, 1.54) is 16.7 Å². The van der Waals surface area contributed by atoms with Gasteiger partial charge >= 0.3 is 0 Å². The Kier molecular flexibility index (Phi) is 3.51. The van der Waals surface area contributed by atoms with Crippen LogP contribution in [0.1, 0.15) is 29.2 Å². The quantitative estimate of drug-likeness (QED) is 0.823. The minimum atomic E-state index is 0.262. The van der Waals surface area contributed by atoms with Crippen LogP contribution in [0.5, 0.6) is 5.75 Å². The van der Waals surface area contributed by atoms with E-state index in [4.69, 9.17) is 9.47 Å². The maximum atomic E-state index is 5.85. The largest absolute Gasteiger partial charge is 0.489 e. The summed E-state index contributed by atoms with van der Waals surface area (Å²) in [4.78, 5) is 0. The predicted octanol–water partition coefficient (Wildman–Crippen LogP) is 3.90. The number of benzene rings is 2. The molecule has 3 rings (SSSR count). The van der Waals surface area contributed by atoms with Gasteiger partial charge in [-0.3, -0.25) is 0 Å². The number of hydrogen-bond acceptors (Lipinski definition) is 2. The normalized spacial score (nSPS) is 17.2. The van der Waals surface area contributed by atoms with Gasteiger partial charge in [0.15, 0.2) is 0 Å². The Bertz CT molecular complexity index is 548. The van der Waals surface area contributed by atoms with Crippen molar-refractivity contribution in [3.05, 3.63) is 65.2 Å².